The maximum Gasteiger partial charge on any atom is 0.407 e. The molecule has 2 aromatic carbocycles. The Bertz CT molecular complexity index is 1070. The molecule has 0 aliphatic heterocycles. The van der Waals surface area contributed by atoms with E-state index in [4.69, 9.17) is 4.74 Å². The van der Waals surface area contributed by atoms with E-state index in [2.05, 4.69) is 29.6 Å². The highest BCUT2D eigenvalue weighted by molar-refractivity contribution is 5.88. The highest BCUT2D eigenvalue weighted by Crippen LogP contribution is 2.44. The normalized spacial score (nSPS) is 19.7. The number of carboxylic acids is 1. The summed E-state index contributed by atoms with van der Waals surface area (Å²) in [6, 6.07) is 15.9. The summed E-state index contributed by atoms with van der Waals surface area (Å²) in [5.74, 6) is -1.85. The van der Waals surface area contributed by atoms with Gasteiger partial charge >= 0.3 is 12.1 Å². The van der Waals surface area contributed by atoms with E-state index in [0.717, 1.165) is 41.5 Å². The Balaban J connectivity index is 1.45. The number of ether oxygens (including phenoxy) is 1. The van der Waals surface area contributed by atoms with Crippen molar-refractivity contribution in [2.24, 2.45) is 5.92 Å². The first-order valence-corrected chi connectivity index (χ1v) is 12.3. The zero-order chi connectivity index (χ0) is 25.2. The number of carbonyl (C=O) groups is 3. The summed E-state index contributed by atoms with van der Waals surface area (Å²) in [4.78, 5) is 39.2. The summed E-state index contributed by atoms with van der Waals surface area (Å²) in [7, 11) is 1.52. The molecule has 1 fully saturated rings. The molecule has 2 N–H and O–H groups in total. The third-order valence-corrected chi connectivity index (χ3v) is 7.67. The van der Waals surface area contributed by atoms with Crippen molar-refractivity contribution >= 4 is 18.0 Å². The zero-order valence-electron chi connectivity index (χ0n) is 20.6. The molecule has 1 saturated carbocycles. The Hall–Kier alpha value is -3.35. The molecule has 0 bridgehead atoms. The van der Waals surface area contributed by atoms with E-state index in [1.807, 2.05) is 24.3 Å². The van der Waals surface area contributed by atoms with Gasteiger partial charge < -0.3 is 20.1 Å². The molecular formula is C28H34N2O5. The lowest BCUT2D eigenvalue weighted by atomic mass is 9.91. The van der Waals surface area contributed by atoms with Gasteiger partial charge in [0.15, 0.2) is 0 Å². The number of aliphatic carboxylic acids is 1. The number of carboxylic acid groups (broad SMARTS) is 1. The second-order valence-electron chi connectivity index (χ2n) is 10.1. The number of likely N-dealkylation sites (N-methyl/N-ethyl adjacent to an activating group) is 1. The molecule has 4 rings (SSSR count). The maximum absolute atomic E-state index is 13.3. The molecule has 2 aliphatic rings. The topological polar surface area (TPSA) is 95.9 Å². The molecule has 0 heterocycles. The fourth-order valence-corrected chi connectivity index (χ4v) is 5.24. The summed E-state index contributed by atoms with van der Waals surface area (Å²) in [6.45, 7) is 3.23. The summed E-state index contributed by atoms with van der Waals surface area (Å²) >= 11 is 0. The van der Waals surface area contributed by atoms with Crippen molar-refractivity contribution in [3.63, 3.8) is 0 Å². The third kappa shape index (κ3) is 4.90. The highest BCUT2D eigenvalue weighted by Gasteiger charge is 2.41. The first-order chi connectivity index (χ1) is 16.7. The molecule has 0 spiro atoms. The van der Waals surface area contributed by atoms with Crippen molar-refractivity contribution in [2.45, 2.75) is 63.5 Å². The van der Waals surface area contributed by atoms with E-state index in [9.17, 15) is 19.5 Å². The minimum absolute atomic E-state index is 0.0396. The van der Waals surface area contributed by atoms with Gasteiger partial charge in [-0.05, 0) is 48.9 Å². The Morgan fingerprint density at radius 1 is 0.971 bits per heavy atom. The number of carbonyl (C=O) groups excluding carboxylic acids is 2. The molecule has 0 aromatic heterocycles. The molecule has 2 atom stereocenters. The van der Waals surface area contributed by atoms with E-state index in [-0.39, 0.29) is 18.4 Å². The smallest absolute Gasteiger partial charge is 0.407 e. The van der Waals surface area contributed by atoms with Crippen LogP contribution in [0.25, 0.3) is 11.1 Å². The Morgan fingerprint density at radius 3 is 2.14 bits per heavy atom. The van der Waals surface area contributed by atoms with Crippen LogP contribution in [0, 0.1) is 5.92 Å². The average molecular weight is 479 g/mol. The average Bonchev–Trinajstić information content (AvgIpc) is 2.98. The third-order valence-electron chi connectivity index (χ3n) is 7.67. The van der Waals surface area contributed by atoms with Crippen molar-refractivity contribution in [1.82, 2.24) is 10.2 Å². The van der Waals surface area contributed by atoms with Crippen LogP contribution < -0.4 is 5.32 Å². The minimum Gasteiger partial charge on any atom is -0.480 e. The molecule has 2 aliphatic carbocycles. The number of rotatable bonds is 6. The molecule has 0 radical (unpaired) electrons. The lowest BCUT2D eigenvalue weighted by Gasteiger charge is -2.36. The van der Waals surface area contributed by atoms with Crippen LogP contribution in [0.4, 0.5) is 4.79 Å². The molecule has 2 amide bonds. The Kier molecular flexibility index (Phi) is 7.15. The fourth-order valence-electron chi connectivity index (χ4n) is 5.24. The first-order valence-electron chi connectivity index (χ1n) is 12.3. The van der Waals surface area contributed by atoms with Gasteiger partial charge in [-0.25, -0.2) is 9.59 Å². The number of alkyl carbamates (subject to hydrolysis) is 1. The van der Waals surface area contributed by atoms with Crippen molar-refractivity contribution in [3.8, 4) is 11.1 Å². The Morgan fingerprint density at radius 2 is 1.54 bits per heavy atom. The predicted molar refractivity (Wildman–Crippen MR) is 133 cm³/mol. The number of hydrogen-bond acceptors (Lipinski definition) is 4. The van der Waals surface area contributed by atoms with Crippen molar-refractivity contribution in [1.29, 1.82) is 0 Å². The molecule has 7 heteroatoms. The molecule has 2 aromatic rings. The van der Waals surface area contributed by atoms with Gasteiger partial charge in [0, 0.05) is 19.0 Å². The summed E-state index contributed by atoms with van der Waals surface area (Å²) < 4.78 is 5.71. The molecule has 0 saturated heterocycles. The molecule has 186 valence electrons. The first kappa shape index (κ1) is 24.8. The van der Waals surface area contributed by atoms with E-state index >= 15 is 0 Å². The van der Waals surface area contributed by atoms with Crippen molar-refractivity contribution in [3.05, 3.63) is 59.7 Å². The second-order valence-corrected chi connectivity index (χ2v) is 10.1. The van der Waals surface area contributed by atoms with Crippen LogP contribution >= 0.6 is 0 Å². The summed E-state index contributed by atoms with van der Waals surface area (Å²) in [6.07, 6.45) is 3.44. The van der Waals surface area contributed by atoms with Gasteiger partial charge in [0.1, 0.15) is 12.1 Å². The minimum atomic E-state index is -1.34. The van der Waals surface area contributed by atoms with Crippen LogP contribution in [0.5, 0.6) is 0 Å². The largest absolute Gasteiger partial charge is 0.480 e. The van der Waals surface area contributed by atoms with E-state index in [0.29, 0.717) is 12.8 Å². The zero-order valence-corrected chi connectivity index (χ0v) is 20.6. The van der Waals surface area contributed by atoms with Crippen molar-refractivity contribution in [2.75, 3.05) is 13.7 Å². The van der Waals surface area contributed by atoms with Crippen LogP contribution in [-0.4, -0.2) is 53.2 Å². The van der Waals surface area contributed by atoms with Crippen LogP contribution in [-0.2, 0) is 14.3 Å². The SMILES string of the molecule is CN(C(=O)C1CCCCCC1NC(=O)OCC1c2ccccc2-c2ccccc21)C(C)(C)C(=O)O. The van der Waals surface area contributed by atoms with Gasteiger partial charge in [-0.2, -0.15) is 0 Å². The van der Waals surface area contributed by atoms with Crippen LogP contribution in [0.15, 0.2) is 48.5 Å². The number of nitrogens with one attached hydrogen (secondary N) is 1. The number of amides is 2. The molecular weight excluding hydrogens is 444 g/mol. The number of hydrogen-bond donors (Lipinski definition) is 2. The van der Waals surface area contributed by atoms with E-state index in [1.165, 1.54) is 25.8 Å². The fraction of sp³-hybridized carbons (Fsp3) is 0.464. The van der Waals surface area contributed by atoms with Gasteiger partial charge in [0.05, 0.1) is 5.92 Å². The van der Waals surface area contributed by atoms with Gasteiger partial charge in [0.2, 0.25) is 5.91 Å². The van der Waals surface area contributed by atoms with Gasteiger partial charge in [-0.1, -0.05) is 67.8 Å². The number of nitrogens with zero attached hydrogens (tertiary/aromatic N) is 1. The number of benzene rings is 2. The lowest BCUT2D eigenvalue weighted by molar-refractivity contribution is -0.157. The molecule has 2 unspecified atom stereocenters. The summed E-state index contributed by atoms with van der Waals surface area (Å²) in [5.41, 5.74) is 3.27. The van der Waals surface area contributed by atoms with Gasteiger partial charge in [-0.15, -0.1) is 0 Å². The summed E-state index contributed by atoms with van der Waals surface area (Å²) in [5, 5.41) is 12.5. The van der Waals surface area contributed by atoms with Gasteiger partial charge in [-0.3, -0.25) is 4.79 Å². The predicted octanol–water partition coefficient (Wildman–Crippen LogP) is 4.80. The monoisotopic (exact) mass is 478 g/mol. The van der Waals surface area contributed by atoms with Crippen molar-refractivity contribution < 1.29 is 24.2 Å². The lowest BCUT2D eigenvalue weighted by Crippen LogP contribution is -2.55. The van der Waals surface area contributed by atoms with Crippen LogP contribution in [0.3, 0.4) is 0 Å². The van der Waals surface area contributed by atoms with E-state index in [1.54, 1.807) is 0 Å². The highest BCUT2D eigenvalue weighted by atomic mass is 16.5. The number of fused-ring (bicyclic) bond motifs is 3. The molecule has 35 heavy (non-hydrogen) atoms. The van der Waals surface area contributed by atoms with Crippen LogP contribution in [0.2, 0.25) is 0 Å². The Labute approximate surface area is 206 Å². The van der Waals surface area contributed by atoms with E-state index < -0.39 is 29.6 Å². The van der Waals surface area contributed by atoms with Crippen LogP contribution in [0.1, 0.15) is 63.0 Å². The van der Waals surface area contributed by atoms with Gasteiger partial charge in [0.25, 0.3) is 0 Å². The second kappa shape index (κ2) is 10.1. The quantitative estimate of drug-likeness (QED) is 0.582. The maximum atomic E-state index is 13.3. The molecule has 7 nitrogen and oxygen atoms in total. The standard InChI is InChI=1S/C28H34N2O5/c1-28(2,26(32)33)30(3)25(31)22-15-5-4-6-16-24(22)29-27(34)35-17-23-20-13-9-7-11-18(20)19-12-8-10-14-21(19)23/h7-14,22-24H,4-6,15-17H2,1-3H3,(H,29,34)(H,32,33).